The second kappa shape index (κ2) is 12.4. The first-order valence-corrected chi connectivity index (χ1v) is 16.9. The summed E-state index contributed by atoms with van der Waals surface area (Å²) in [6.45, 7) is 11.9. The molecule has 45 heavy (non-hydrogen) atoms. The fraction of sp³-hybridized carbons (Fsp3) is 0.556. The standard InChI is InChI=1S/C36H45F2N5O2/c1-24-6-7-30-31(18-24)39-23-36(30)11-17-41(22-25(36)2)14-8-26-9-15-43(16-10-26)35-40-32(34(44)42-12-4-3-5-13-42)33(45-35)27-19-28(37)21-29(38)20-27/h6-7,18-21,25-26,39H,3-5,8-17,22-23H2,1-2H3/t25-,36+/m0/s1. The lowest BCUT2D eigenvalue weighted by molar-refractivity contribution is 0.0719. The fourth-order valence-electron chi connectivity index (χ4n) is 8.20. The number of nitrogens with zero attached hydrogens (tertiary/aromatic N) is 4. The topological polar surface area (TPSA) is 64.8 Å². The monoisotopic (exact) mass is 617 g/mol. The van der Waals surface area contributed by atoms with E-state index in [1.54, 1.807) is 4.90 Å². The number of aryl methyl sites for hydroxylation is 1. The number of oxazole rings is 1. The number of hydrogen-bond donors (Lipinski definition) is 1. The van der Waals surface area contributed by atoms with E-state index in [0.29, 0.717) is 30.9 Å². The van der Waals surface area contributed by atoms with E-state index in [2.05, 4.69) is 52.1 Å². The molecule has 4 aliphatic rings. The van der Waals surface area contributed by atoms with Gasteiger partial charge in [-0.3, -0.25) is 4.79 Å². The summed E-state index contributed by atoms with van der Waals surface area (Å²) in [7, 11) is 0. The molecule has 0 saturated carbocycles. The zero-order chi connectivity index (χ0) is 31.1. The molecule has 0 unspecified atom stereocenters. The number of likely N-dealkylation sites (tertiary alicyclic amines) is 2. The van der Waals surface area contributed by atoms with Gasteiger partial charge >= 0.3 is 0 Å². The lowest BCUT2D eigenvalue weighted by Crippen LogP contribution is -2.50. The Balaban J connectivity index is 0.977. The van der Waals surface area contributed by atoms with Crippen molar-refractivity contribution in [2.24, 2.45) is 11.8 Å². The fourth-order valence-corrected chi connectivity index (χ4v) is 8.20. The molecular weight excluding hydrogens is 572 g/mol. The van der Waals surface area contributed by atoms with Crippen molar-refractivity contribution in [1.82, 2.24) is 14.8 Å². The summed E-state index contributed by atoms with van der Waals surface area (Å²) >= 11 is 0. The molecule has 3 saturated heterocycles. The number of hydrogen-bond acceptors (Lipinski definition) is 6. The Morgan fingerprint density at radius 1 is 1.02 bits per heavy atom. The number of benzene rings is 2. The van der Waals surface area contributed by atoms with Gasteiger partial charge in [-0.2, -0.15) is 4.98 Å². The summed E-state index contributed by atoms with van der Waals surface area (Å²) in [5.41, 5.74) is 4.73. The van der Waals surface area contributed by atoms with Crippen molar-refractivity contribution in [3.63, 3.8) is 0 Å². The summed E-state index contributed by atoms with van der Waals surface area (Å²) in [6.07, 6.45) is 7.37. The van der Waals surface area contributed by atoms with E-state index in [1.807, 2.05) is 0 Å². The van der Waals surface area contributed by atoms with Crippen LogP contribution in [-0.2, 0) is 5.41 Å². The zero-order valence-corrected chi connectivity index (χ0v) is 26.6. The quantitative estimate of drug-likeness (QED) is 0.326. The summed E-state index contributed by atoms with van der Waals surface area (Å²) < 4.78 is 34.5. The average molecular weight is 618 g/mol. The van der Waals surface area contributed by atoms with Gasteiger partial charge in [0, 0.05) is 62.0 Å². The Morgan fingerprint density at radius 3 is 2.51 bits per heavy atom. The number of amides is 1. The van der Waals surface area contributed by atoms with Gasteiger partial charge < -0.3 is 24.4 Å². The normalized spacial score (nSPS) is 24.2. The highest BCUT2D eigenvalue weighted by Crippen LogP contribution is 2.47. The lowest BCUT2D eigenvalue weighted by atomic mass is 9.67. The van der Waals surface area contributed by atoms with Crippen LogP contribution in [0.5, 0.6) is 0 Å². The minimum absolute atomic E-state index is 0.145. The molecule has 9 heteroatoms. The van der Waals surface area contributed by atoms with Gasteiger partial charge in [0.05, 0.1) is 0 Å². The number of halogens is 2. The van der Waals surface area contributed by atoms with E-state index >= 15 is 0 Å². The number of piperidine rings is 3. The number of carbonyl (C=O) groups is 1. The van der Waals surface area contributed by atoms with Gasteiger partial charge in [0.25, 0.3) is 11.9 Å². The van der Waals surface area contributed by atoms with E-state index in [1.165, 1.54) is 41.8 Å². The maximum Gasteiger partial charge on any atom is 0.298 e. The molecule has 0 bridgehead atoms. The van der Waals surface area contributed by atoms with Crippen LogP contribution in [0, 0.1) is 30.4 Å². The molecule has 3 fully saturated rings. The maximum atomic E-state index is 14.2. The Hall–Kier alpha value is -3.46. The second-order valence-corrected chi connectivity index (χ2v) is 13.9. The molecule has 3 aromatic rings. The van der Waals surface area contributed by atoms with Crippen LogP contribution in [0.3, 0.4) is 0 Å². The highest BCUT2D eigenvalue weighted by atomic mass is 19.1. The highest BCUT2D eigenvalue weighted by Gasteiger charge is 2.46. The third-order valence-corrected chi connectivity index (χ3v) is 11.0. The molecule has 1 spiro atoms. The third-order valence-electron chi connectivity index (χ3n) is 11.0. The molecule has 0 aliphatic carbocycles. The lowest BCUT2D eigenvalue weighted by Gasteiger charge is -2.45. The first-order valence-electron chi connectivity index (χ1n) is 16.9. The molecule has 1 N–H and O–H groups in total. The van der Waals surface area contributed by atoms with Gasteiger partial charge in [0.2, 0.25) is 0 Å². The van der Waals surface area contributed by atoms with Crippen LogP contribution >= 0.6 is 0 Å². The predicted molar refractivity (Wildman–Crippen MR) is 173 cm³/mol. The largest absolute Gasteiger partial charge is 0.423 e. The molecule has 0 radical (unpaired) electrons. The first-order chi connectivity index (χ1) is 21.8. The number of anilines is 2. The van der Waals surface area contributed by atoms with Gasteiger partial charge in [0.15, 0.2) is 11.5 Å². The minimum Gasteiger partial charge on any atom is -0.423 e. The molecule has 1 aromatic heterocycles. The molecule has 5 heterocycles. The zero-order valence-electron chi connectivity index (χ0n) is 26.6. The summed E-state index contributed by atoms with van der Waals surface area (Å²) in [6, 6.07) is 10.5. The molecular formula is C36H45F2N5O2. The smallest absolute Gasteiger partial charge is 0.298 e. The van der Waals surface area contributed by atoms with Gasteiger partial charge in [-0.25, -0.2) is 8.78 Å². The Kier molecular flexibility index (Phi) is 8.31. The van der Waals surface area contributed by atoms with Crippen LogP contribution in [0.15, 0.2) is 40.8 Å². The van der Waals surface area contributed by atoms with Crippen molar-refractivity contribution < 1.29 is 18.0 Å². The predicted octanol–water partition coefficient (Wildman–Crippen LogP) is 6.87. The van der Waals surface area contributed by atoms with Crippen molar-refractivity contribution in [3.8, 4) is 11.3 Å². The molecule has 2 atom stereocenters. The van der Waals surface area contributed by atoms with E-state index < -0.39 is 11.6 Å². The van der Waals surface area contributed by atoms with Crippen LogP contribution in [0.25, 0.3) is 11.3 Å². The number of carbonyl (C=O) groups excluding carboxylic acids is 1. The van der Waals surface area contributed by atoms with Crippen LogP contribution in [0.4, 0.5) is 20.5 Å². The van der Waals surface area contributed by atoms with Gasteiger partial charge in [-0.05, 0) is 106 Å². The number of fused-ring (bicyclic) bond motifs is 2. The number of rotatable bonds is 6. The summed E-state index contributed by atoms with van der Waals surface area (Å²) in [5.74, 6) is -0.295. The SMILES string of the molecule is Cc1ccc2c(c1)NC[C@@]21CCN(CCC2CCN(c3nc(C(=O)N4CCCCC4)c(-c4cc(F)cc(F)c4)o3)CC2)C[C@@H]1C. The van der Waals surface area contributed by atoms with Crippen molar-refractivity contribution in [2.75, 3.05) is 62.6 Å². The Labute approximate surface area is 265 Å². The van der Waals surface area contributed by atoms with Crippen molar-refractivity contribution in [2.45, 2.75) is 64.2 Å². The minimum atomic E-state index is -0.710. The van der Waals surface area contributed by atoms with Crippen LogP contribution in [-0.4, -0.2) is 73.0 Å². The van der Waals surface area contributed by atoms with Gasteiger partial charge in [0.1, 0.15) is 11.6 Å². The first kappa shape index (κ1) is 30.2. The van der Waals surface area contributed by atoms with Crippen molar-refractivity contribution in [1.29, 1.82) is 0 Å². The van der Waals surface area contributed by atoms with Crippen molar-refractivity contribution in [3.05, 3.63) is 64.9 Å². The molecule has 4 aliphatic heterocycles. The summed E-state index contributed by atoms with van der Waals surface area (Å²) in [4.78, 5) is 24.7. The van der Waals surface area contributed by atoms with Crippen LogP contribution in [0.1, 0.15) is 73.5 Å². The van der Waals surface area contributed by atoms with Gasteiger partial charge in [-0.1, -0.05) is 19.1 Å². The summed E-state index contributed by atoms with van der Waals surface area (Å²) in [5, 5.41) is 3.70. The second-order valence-electron chi connectivity index (χ2n) is 13.9. The van der Waals surface area contributed by atoms with Crippen molar-refractivity contribution >= 4 is 17.6 Å². The average Bonchev–Trinajstić information content (AvgIpc) is 3.64. The molecule has 240 valence electrons. The molecule has 2 aromatic carbocycles. The van der Waals surface area contributed by atoms with Crippen LogP contribution in [0.2, 0.25) is 0 Å². The molecule has 7 rings (SSSR count). The van der Waals surface area contributed by atoms with E-state index in [9.17, 15) is 13.6 Å². The Morgan fingerprint density at radius 2 is 1.78 bits per heavy atom. The highest BCUT2D eigenvalue weighted by molar-refractivity contribution is 5.98. The molecule has 7 nitrogen and oxygen atoms in total. The maximum absolute atomic E-state index is 14.2. The van der Waals surface area contributed by atoms with Crippen LogP contribution < -0.4 is 10.2 Å². The van der Waals surface area contributed by atoms with Gasteiger partial charge in [-0.15, -0.1) is 0 Å². The number of nitrogens with one attached hydrogen (secondary N) is 1. The van der Waals surface area contributed by atoms with E-state index in [0.717, 1.165) is 77.4 Å². The Bertz CT molecular complexity index is 1520. The van der Waals surface area contributed by atoms with E-state index in [-0.39, 0.29) is 28.3 Å². The molecule has 1 amide bonds. The van der Waals surface area contributed by atoms with E-state index in [4.69, 9.17) is 4.42 Å². The third kappa shape index (κ3) is 5.96. The number of aromatic nitrogens is 1.